The lowest BCUT2D eigenvalue weighted by atomic mass is 10.3. The van der Waals surface area contributed by atoms with Crippen LogP contribution in [0, 0.1) is 0 Å². The Bertz CT molecular complexity index is 429. The molecule has 1 rings (SSSR count). The Morgan fingerprint density at radius 2 is 1.94 bits per heavy atom. The lowest BCUT2D eigenvalue weighted by Gasteiger charge is -2.04. The summed E-state index contributed by atoms with van der Waals surface area (Å²) < 4.78 is 23.7. The maximum Gasteiger partial charge on any atom is 0.178 e. The minimum absolute atomic E-state index is 0.105. The van der Waals surface area contributed by atoms with Gasteiger partial charge in [-0.2, -0.15) is 0 Å². The highest BCUT2D eigenvalue weighted by Gasteiger charge is 2.13. The van der Waals surface area contributed by atoms with Crippen LogP contribution < -0.4 is 0 Å². The third kappa shape index (κ3) is 4.12. The summed E-state index contributed by atoms with van der Waals surface area (Å²) in [7, 11) is -3.23. The first-order chi connectivity index (χ1) is 7.56. The molecule has 0 aliphatic carbocycles. The molecule has 0 unspecified atom stereocenters. The van der Waals surface area contributed by atoms with E-state index in [1.54, 1.807) is 18.2 Å². The quantitative estimate of drug-likeness (QED) is 0.801. The van der Waals surface area contributed by atoms with E-state index in [1.807, 2.05) is 0 Å². The second-order valence-corrected chi connectivity index (χ2v) is 6.11. The molecule has 0 atom stereocenters. The van der Waals surface area contributed by atoms with Gasteiger partial charge < -0.3 is 5.11 Å². The largest absolute Gasteiger partial charge is 0.396 e. The van der Waals surface area contributed by atoms with Crippen LogP contribution in [0.3, 0.4) is 0 Å². The zero-order chi connectivity index (χ0) is 12.0. The summed E-state index contributed by atoms with van der Waals surface area (Å²) >= 11 is 5.74. The van der Waals surface area contributed by atoms with Gasteiger partial charge in [-0.25, -0.2) is 8.42 Å². The van der Waals surface area contributed by atoms with Crippen molar-refractivity contribution in [2.45, 2.75) is 24.2 Å². The molecule has 0 heterocycles. The van der Waals surface area contributed by atoms with Gasteiger partial charge in [-0.15, -0.1) is 0 Å². The molecule has 0 bridgehead atoms. The van der Waals surface area contributed by atoms with Gasteiger partial charge in [0.05, 0.1) is 10.6 Å². The van der Waals surface area contributed by atoms with E-state index in [0.29, 0.717) is 17.9 Å². The van der Waals surface area contributed by atoms with Crippen LogP contribution in [0.25, 0.3) is 0 Å². The molecule has 0 aliphatic heterocycles. The van der Waals surface area contributed by atoms with E-state index in [-0.39, 0.29) is 17.3 Å². The van der Waals surface area contributed by atoms with Gasteiger partial charge in [-0.3, -0.25) is 0 Å². The Balaban J connectivity index is 2.64. The molecule has 1 N–H and O–H groups in total. The van der Waals surface area contributed by atoms with Crippen molar-refractivity contribution in [1.82, 2.24) is 0 Å². The molecule has 90 valence electrons. The van der Waals surface area contributed by atoms with Crippen LogP contribution in [0.4, 0.5) is 0 Å². The molecule has 0 saturated carbocycles. The number of rotatable bonds is 6. The van der Waals surface area contributed by atoms with Crippen molar-refractivity contribution >= 4 is 21.4 Å². The van der Waals surface area contributed by atoms with Crippen molar-refractivity contribution in [2.75, 3.05) is 12.4 Å². The Labute approximate surface area is 101 Å². The monoisotopic (exact) mass is 262 g/mol. The summed E-state index contributed by atoms with van der Waals surface area (Å²) in [6, 6.07) is 6.28. The predicted molar refractivity (Wildman–Crippen MR) is 64.4 cm³/mol. The first-order valence-electron chi connectivity index (χ1n) is 5.15. The number of aliphatic hydroxyl groups is 1. The van der Waals surface area contributed by atoms with Crippen LogP contribution in [-0.2, 0) is 9.84 Å². The normalized spacial score (nSPS) is 11.6. The fourth-order valence-electron chi connectivity index (χ4n) is 1.36. The molecule has 0 spiro atoms. The average Bonchev–Trinajstić information content (AvgIpc) is 2.24. The molecule has 0 fully saturated rings. The van der Waals surface area contributed by atoms with Crippen molar-refractivity contribution < 1.29 is 13.5 Å². The molecular formula is C11H15ClO3S. The van der Waals surface area contributed by atoms with Gasteiger partial charge in [-0.1, -0.05) is 24.1 Å². The lowest BCUT2D eigenvalue weighted by molar-refractivity contribution is 0.284. The van der Waals surface area contributed by atoms with Crippen molar-refractivity contribution in [2.24, 2.45) is 0 Å². The average molecular weight is 263 g/mol. The fourth-order valence-corrected chi connectivity index (χ4v) is 3.03. The van der Waals surface area contributed by atoms with Crippen molar-refractivity contribution in [3.63, 3.8) is 0 Å². The Morgan fingerprint density at radius 1 is 1.19 bits per heavy atom. The first kappa shape index (κ1) is 13.5. The molecular weight excluding hydrogens is 248 g/mol. The highest BCUT2D eigenvalue weighted by Crippen LogP contribution is 2.17. The fraction of sp³-hybridized carbons (Fsp3) is 0.455. The molecule has 0 saturated heterocycles. The third-order valence-electron chi connectivity index (χ3n) is 2.23. The van der Waals surface area contributed by atoms with Gasteiger partial charge in [0.2, 0.25) is 0 Å². The molecule has 0 radical (unpaired) electrons. The summed E-state index contributed by atoms with van der Waals surface area (Å²) in [5.41, 5.74) is 0. The zero-order valence-corrected chi connectivity index (χ0v) is 10.5. The van der Waals surface area contributed by atoms with E-state index >= 15 is 0 Å². The number of halogens is 1. The van der Waals surface area contributed by atoms with E-state index in [0.717, 1.165) is 6.42 Å². The van der Waals surface area contributed by atoms with Gasteiger partial charge >= 0.3 is 0 Å². The molecule has 3 nitrogen and oxygen atoms in total. The Morgan fingerprint density at radius 3 is 2.56 bits per heavy atom. The number of hydrogen-bond donors (Lipinski definition) is 1. The minimum Gasteiger partial charge on any atom is -0.396 e. The van der Waals surface area contributed by atoms with Gasteiger partial charge in [0.1, 0.15) is 0 Å². The molecule has 0 amide bonds. The van der Waals surface area contributed by atoms with Crippen molar-refractivity contribution in [3.05, 3.63) is 29.3 Å². The third-order valence-corrected chi connectivity index (χ3v) is 4.26. The smallest absolute Gasteiger partial charge is 0.178 e. The number of sulfone groups is 1. The number of unbranched alkanes of at least 4 members (excludes halogenated alkanes) is 2. The van der Waals surface area contributed by atoms with Gasteiger partial charge in [0.25, 0.3) is 0 Å². The Hall–Kier alpha value is -0.580. The number of benzene rings is 1. The summed E-state index contributed by atoms with van der Waals surface area (Å²) in [6.45, 7) is 0.108. The predicted octanol–water partition coefficient (Wildman–Crippen LogP) is 2.28. The van der Waals surface area contributed by atoms with E-state index in [2.05, 4.69) is 0 Å². The summed E-state index contributed by atoms with van der Waals surface area (Å²) in [5.74, 6) is 0.105. The molecule has 0 aliphatic rings. The summed E-state index contributed by atoms with van der Waals surface area (Å²) in [4.78, 5) is 0.268. The maximum absolute atomic E-state index is 11.8. The van der Waals surface area contributed by atoms with E-state index in [1.165, 1.54) is 6.07 Å². The second kappa shape index (κ2) is 6.23. The maximum atomic E-state index is 11.8. The lowest BCUT2D eigenvalue weighted by Crippen LogP contribution is -2.06. The highest BCUT2D eigenvalue weighted by atomic mass is 35.5. The van der Waals surface area contributed by atoms with Crippen LogP contribution in [-0.4, -0.2) is 25.9 Å². The number of hydrogen-bond acceptors (Lipinski definition) is 3. The molecule has 0 aromatic heterocycles. The van der Waals surface area contributed by atoms with Gasteiger partial charge in [0, 0.05) is 11.6 Å². The van der Waals surface area contributed by atoms with Crippen LogP contribution in [0.15, 0.2) is 29.2 Å². The Kier molecular flexibility index (Phi) is 5.25. The van der Waals surface area contributed by atoms with Crippen molar-refractivity contribution in [1.29, 1.82) is 0 Å². The van der Waals surface area contributed by atoms with Gasteiger partial charge in [-0.05, 0) is 31.0 Å². The standard InChI is InChI=1S/C11H15ClO3S/c12-10-5-4-6-11(9-10)16(14,15)8-3-1-2-7-13/h4-6,9,13H,1-3,7-8H2. The van der Waals surface area contributed by atoms with Crippen LogP contribution >= 0.6 is 11.6 Å². The van der Waals surface area contributed by atoms with Crippen molar-refractivity contribution in [3.8, 4) is 0 Å². The molecule has 1 aromatic rings. The molecule has 1 aromatic carbocycles. The van der Waals surface area contributed by atoms with Gasteiger partial charge in [0.15, 0.2) is 9.84 Å². The van der Waals surface area contributed by atoms with E-state index in [9.17, 15) is 8.42 Å². The first-order valence-corrected chi connectivity index (χ1v) is 7.18. The van der Waals surface area contributed by atoms with Crippen LogP contribution in [0.2, 0.25) is 5.02 Å². The van der Waals surface area contributed by atoms with E-state index < -0.39 is 9.84 Å². The molecule has 16 heavy (non-hydrogen) atoms. The second-order valence-electron chi connectivity index (χ2n) is 3.56. The van der Waals surface area contributed by atoms with Crippen LogP contribution in [0.5, 0.6) is 0 Å². The SMILES string of the molecule is O=S(=O)(CCCCCO)c1cccc(Cl)c1. The minimum atomic E-state index is -3.23. The summed E-state index contributed by atoms with van der Waals surface area (Å²) in [5, 5.41) is 9.01. The number of aliphatic hydroxyl groups excluding tert-OH is 1. The summed E-state index contributed by atoms with van der Waals surface area (Å²) in [6.07, 6.45) is 1.93. The highest BCUT2D eigenvalue weighted by molar-refractivity contribution is 7.91. The zero-order valence-electron chi connectivity index (χ0n) is 8.89. The topological polar surface area (TPSA) is 54.4 Å². The van der Waals surface area contributed by atoms with Crippen LogP contribution in [0.1, 0.15) is 19.3 Å². The van der Waals surface area contributed by atoms with E-state index in [4.69, 9.17) is 16.7 Å². The molecule has 5 heteroatoms.